The van der Waals surface area contributed by atoms with Gasteiger partial charge >= 0.3 is 0 Å². The van der Waals surface area contributed by atoms with Crippen LogP contribution in [0.3, 0.4) is 0 Å². The number of amides is 1. The minimum absolute atomic E-state index is 0.0254. The molecule has 7 nitrogen and oxygen atoms in total. The molecular weight excluding hydrogens is 358 g/mol. The van der Waals surface area contributed by atoms with Gasteiger partial charge < -0.3 is 18.9 Å². The number of rotatable bonds is 6. The van der Waals surface area contributed by atoms with Crippen LogP contribution >= 0.6 is 0 Å². The van der Waals surface area contributed by atoms with Crippen molar-refractivity contribution in [2.24, 2.45) is 0 Å². The molecule has 0 saturated carbocycles. The zero-order valence-electron chi connectivity index (χ0n) is 15.8. The van der Waals surface area contributed by atoms with Gasteiger partial charge in [-0.3, -0.25) is 4.79 Å². The topological polar surface area (TPSA) is 77.7 Å². The fraction of sp³-hybridized carbons (Fsp3) is 0.286. The van der Waals surface area contributed by atoms with Crippen molar-refractivity contribution in [2.75, 3.05) is 13.1 Å². The van der Waals surface area contributed by atoms with E-state index in [1.54, 1.807) is 11.8 Å². The van der Waals surface area contributed by atoms with Gasteiger partial charge in [-0.05, 0) is 43.3 Å². The van der Waals surface area contributed by atoms with E-state index >= 15 is 0 Å². The largest absolute Gasteiger partial charge is 0.457 e. The third kappa shape index (κ3) is 4.20. The van der Waals surface area contributed by atoms with Crippen LogP contribution in [0.25, 0.3) is 11.4 Å². The summed E-state index contributed by atoms with van der Waals surface area (Å²) in [6.45, 7) is 5.04. The Hall–Kier alpha value is -3.19. The Labute approximate surface area is 162 Å². The van der Waals surface area contributed by atoms with Gasteiger partial charge in [-0.15, -0.1) is 0 Å². The Morgan fingerprint density at radius 2 is 1.75 bits per heavy atom. The van der Waals surface area contributed by atoms with Crippen LogP contribution in [0.5, 0.6) is 11.5 Å². The van der Waals surface area contributed by atoms with Crippen LogP contribution in [-0.4, -0.2) is 40.1 Å². The minimum Gasteiger partial charge on any atom is -0.457 e. The number of aromatic nitrogens is 2. The van der Waals surface area contributed by atoms with Gasteiger partial charge in [0.15, 0.2) is 0 Å². The SMILES string of the molecule is CC(=O)N1CC(OCc2nc(-c3ccc(Oc4ccc(C)cc4)cc3)no2)C1. The van der Waals surface area contributed by atoms with Crippen LogP contribution in [-0.2, 0) is 16.1 Å². The van der Waals surface area contributed by atoms with Crippen molar-refractivity contribution in [3.05, 3.63) is 60.0 Å². The number of hydrogen-bond acceptors (Lipinski definition) is 6. The predicted octanol–water partition coefficient (Wildman–Crippen LogP) is 3.58. The number of likely N-dealkylation sites (tertiary alicyclic amines) is 1. The third-order valence-electron chi connectivity index (χ3n) is 4.57. The van der Waals surface area contributed by atoms with Crippen molar-refractivity contribution in [1.82, 2.24) is 15.0 Å². The Kier molecular flexibility index (Phi) is 5.08. The first kappa shape index (κ1) is 18.2. The summed E-state index contributed by atoms with van der Waals surface area (Å²) in [6, 6.07) is 15.4. The molecule has 1 aromatic heterocycles. The summed E-state index contributed by atoms with van der Waals surface area (Å²) in [5.41, 5.74) is 2.02. The van der Waals surface area contributed by atoms with E-state index in [1.165, 1.54) is 5.56 Å². The summed E-state index contributed by atoms with van der Waals surface area (Å²) in [5, 5.41) is 4.00. The predicted molar refractivity (Wildman–Crippen MR) is 102 cm³/mol. The zero-order valence-corrected chi connectivity index (χ0v) is 15.8. The van der Waals surface area contributed by atoms with E-state index in [1.807, 2.05) is 55.5 Å². The van der Waals surface area contributed by atoms with Gasteiger partial charge in [0.05, 0.1) is 6.10 Å². The number of carbonyl (C=O) groups is 1. The lowest BCUT2D eigenvalue weighted by Gasteiger charge is -2.37. The van der Waals surface area contributed by atoms with E-state index < -0.39 is 0 Å². The number of carbonyl (C=O) groups excluding carboxylic acids is 1. The first-order chi connectivity index (χ1) is 13.6. The van der Waals surface area contributed by atoms with Crippen molar-refractivity contribution in [1.29, 1.82) is 0 Å². The molecule has 1 fully saturated rings. The molecule has 28 heavy (non-hydrogen) atoms. The molecule has 1 amide bonds. The summed E-state index contributed by atoms with van der Waals surface area (Å²) >= 11 is 0. The highest BCUT2D eigenvalue weighted by atomic mass is 16.5. The molecule has 1 aliphatic heterocycles. The number of nitrogens with zero attached hydrogens (tertiary/aromatic N) is 3. The molecule has 0 N–H and O–H groups in total. The van der Waals surface area contributed by atoms with Gasteiger partial charge in [-0.2, -0.15) is 4.98 Å². The fourth-order valence-electron chi connectivity index (χ4n) is 2.83. The highest BCUT2D eigenvalue weighted by molar-refractivity contribution is 5.74. The molecule has 2 aromatic carbocycles. The molecule has 4 rings (SSSR count). The lowest BCUT2D eigenvalue weighted by atomic mass is 10.2. The molecule has 0 aliphatic carbocycles. The summed E-state index contributed by atoms with van der Waals surface area (Å²) < 4.78 is 16.8. The van der Waals surface area contributed by atoms with Gasteiger partial charge in [-0.25, -0.2) is 0 Å². The Morgan fingerprint density at radius 3 is 2.39 bits per heavy atom. The molecule has 1 saturated heterocycles. The Morgan fingerprint density at radius 1 is 1.11 bits per heavy atom. The number of hydrogen-bond donors (Lipinski definition) is 0. The normalized spacial score (nSPS) is 14.0. The van der Waals surface area contributed by atoms with Crippen molar-refractivity contribution >= 4 is 5.91 Å². The molecule has 0 atom stereocenters. The number of aryl methyl sites for hydroxylation is 1. The maximum atomic E-state index is 11.2. The average Bonchev–Trinajstić information content (AvgIpc) is 3.12. The van der Waals surface area contributed by atoms with Gasteiger partial charge in [0.25, 0.3) is 5.89 Å². The average molecular weight is 379 g/mol. The maximum absolute atomic E-state index is 11.2. The molecular formula is C21H21N3O4. The second kappa shape index (κ2) is 7.82. The van der Waals surface area contributed by atoms with E-state index in [2.05, 4.69) is 10.1 Å². The fourth-order valence-corrected chi connectivity index (χ4v) is 2.83. The van der Waals surface area contributed by atoms with E-state index in [-0.39, 0.29) is 18.6 Å². The first-order valence-corrected chi connectivity index (χ1v) is 9.11. The summed E-state index contributed by atoms with van der Waals surface area (Å²) in [7, 11) is 0. The van der Waals surface area contributed by atoms with Crippen LogP contribution in [0.1, 0.15) is 18.4 Å². The summed E-state index contributed by atoms with van der Waals surface area (Å²) in [5.74, 6) is 2.50. The molecule has 0 radical (unpaired) electrons. The number of ether oxygens (including phenoxy) is 2. The van der Waals surface area contributed by atoms with Gasteiger partial charge in [0.1, 0.15) is 18.1 Å². The zero-order chi connectivity index (χ0) is 19.5. The van der Waals surface area contributed by atoms with Crippen molar-refractivity contribution in [3.63, 3.8) is 0 Å². The van der Waals surface area contributed by atoms with E-state index in [4.69, 9.17) is 14.0 Å². The van der Waals surface area contributed by atoms with Crippen LogP contribution < -0.4 is 4.74 Å². The van der Waals surface area contributed by atoms with Crippen LogP contribution in [0.4, 0.5) is 0 Å². The Bertz CT molecular complexity index is 945. The molecule has 3 aromatic rings. The Balaban J connectivity index is 1.32. The number of benzene rings is 2. The van der Waals surface area contributed by atoms with Gasteiger partial charge in [0, 0.05) is 25.6 Å². The standard InChI is InChI=1S/C21H21N3O4/c1-14-3-7-17(8-4-14)27-18-9-5-16(6-10-18)21-22-20(28-23-21)13-26-19-11-24(12-19)15(2)25/h3-10,19H,11-13H2,1-2H3. The van der Waals surface area contributed by atoms with E-state index in [0.717, 1.165) is 17.1 Å². The van der Waals surface area contributed by atoms with Crippen LogP contribution in [0.2, 0.25) is 0 Å². The molecule has 1 aliphatic rings. The third-order valence-corrected chi connectivity index (χ3v) is 4.57. The van der Waals surface area contributed by atoms with Gasteiger partial charge in [0.2, 0.25) is 11.7 Å². The molecule has 0 spiro atoms. The quantitative estimate of drug-likeness (QED) is 0.651. The molecule has 0 unspecified atom stereocenters. The molecule has 144 valence electrons. The van der Waals surface area contributed by atoms with Crippen molar-refractivity contribution in [3.8, 4) is 22.9 Å². The van der Waals surface area contributed by atoms with Crippen LogP contribution in [0, 0.1) is 6.92 Å². The van der Waals surface area contributed by atoms with Crippen LogP contribution in [0.15, 0.2) is 53.1 Å². The molecule has 7 heteroatoms. The van der Waals surface area contributed by atoms with Gasteiger partial charge in [-0.1, -0.05) is 22.9 Å². The maximum Gasteiger partial charge on any atom is 0.252 e. The summed E-state index contributed by atoms with van der Waals surface area (Å²) in [6.07, 6.45) is 0.0254. The van der Waals surface area contributed by atoms with E-state index in [9.17, 15) is 4.79 Å². The lowest BCUT2D eigenvalue weighted by molar-refractivity contribution is -0.144. The molecule has 0 bridgehead atoms. The highest BCUT2D eigenvalue weighted by Gasteiger charge is 2.29. The lowest BCUT2D eigenvalue weighted by Crippen LogP contribution is -2.53. The highest BCUT2D eigenvalue weighted by Crippen LogP contribution is 2.25. The smallest absolute Gasteiger partial charge is 0.252 e. The van der Waals surface area contributed by atoms with Crippen molar-refractivity contribution < 1.29 is 18.8 Å². The molecule has 2 heterocycles. The second-order valence-corrected chi connectivity index (χ2v) is 6.81. The minimum atomic E-state index is 0.0254. The monoisotopic (exact) mass is 379 g/mol. The first-order valence-electron chi connectivity index (χ1n) is 9.11. The summed E-state index contributed by atoms with van der Waals surface area (Å²) in [4.78, 5) is 17.3. The van der Waals surface area contributed by atoms with E-state index in [0.29, 0.717) is 24.8 Å². The second-order valence-electron chi connectivity index (χ2n) is 6.81. The van der Waals surface area contributed by atoms with Crippen molar-refractivity contribution in [2.45, 2.75) is 26.6 Å².